The summed E-state index contributed by atoms with van der Waals surface area (Å²) in [6, 6.07) is 7.01. The standard InChI is InChI=1S/C17H26N2O4/c1-5-19(10-11-20)15(21)14-8-6-13(7-9-14)12-18-16(22)23-17(2,3)4/h6-9,20H,5,10-12H2,1-4H3,(H,18,22). The number of alkyl carbamates (subject to hydrolysis) is 1. The van der Waals surface area contributed by atoms with E-state index in [4.69, 9.17) is 9.84 Å². The Bertz CT molecular complexity index is 520. The zero-order valence-electron chi connectivity index (χ0n) is 14.3. The monoisotopic (exact) mass is 322 g/mol. The molecule has 0 bridgehead atoms. The summed E-state index contributed by atoms with van der Waals surface area (Å²) in [5, 5.41) is 11.6. The lowest BCUT2D eigenvalue weighted by Crippen LogP contribution is -2.33. The Morgan fingerprint density at radius 1 is 1.22 bits per heavy atom. The number of rotatable bonds is 6. The molecular weight excluding hydrogens is 296 g/mol. The highest BCUT2D eigenvalue weighted by molar-refractivity contribution is 5.94. The fourth-order valence-corrected chi connectivity index (χ4v) is 1.96. The Morgan fingerprint density at radius 2 is 1.83 bits per heavy atom. The topological polar surface area (TPSA) is 78.9 Å². The van der Waals surface area contributed by atoms with Gasteiger partial charge in [-0.15, -0.1) is 0 Å². The highest BCUT2D eigenvalue weighted by Crippen LogP contribution is 2.09. The Hall–Kier alpha value is -2.08. The molecule has 2 N–H and O–H groups in total. The van der Waals surface area contributed by atoms with Crippen molar-refractivity contribution in [2.75, 3.05) is 19.7 Å². The van der Waals surface area contributed by atoms with Gasteiger partial charge in [-0.2, -0.15) is 0 Å². The average molecular weight is 322 g/mol. The van der Waals surface area contributed by atoms with Gasteiger partial charge in [0.25, 0.3) is 5.91 Å². The minimum absolute atomic E-state index is 0.0581. The van der Waals surface area contributed by atoms with Crippen molar-refractivity contribution in [2.45, 2.75) is 39.8 Å². The number of nitrogens with zero attached hydrogens (tertiary/aromatic N) is 1. The number of benzene rings is 1. The van der Waals surface area contributed by atoms with E-state index in [0.29, 0.717) is 25.2 Å². The summed E-state index contributed by atoms with van der Waals surface area (Å²) in [5.74, 6) is -0.117. The molecule has 0 saturated carbocycles. The first-order valence-electron chi connectivity index (χ1n) is 7.72. The number of hydrogen-bond acceptors (Lipinski definition) is 4. The van der Waals surface area contributed by atoms with Crippen LogP contribution in [-0.4, -0.2) is 47.3 Å². The molecule has 0 spiro atoms. The van der Waals surface area contributed by atoms with E-state index >= 15 is 0 Å². The first-order chi connectivity index (χ1) is 10.8. The Morgan fingerprint density at radius 3 is 2.30 bits per heavy atom. The molecule has 1 rings (SSSR count). The summed E-state index contributed by atoms with van der Waals surface area (Å²) >= 11 is 0. The Balaban J connectivity index is 2.59. The van der Waals surface area contributed by atoms with Crippen LogP contribution in [-0.2, 0) is 11.3 Å². The lowest BCUT2D eigenvalue weighted by molar-refractivity contribution is 0.0523. The first-order valence-corrected chi connectivity index (χ1v) is 7.72. The molecule has 0 aromatic heterocycles. The maximum absolute atomic E-state index is 12.2. The third-order valence-corrected chi connectivity index (χ3v) is 3.08. The van der Waals surface area contributed by atoms with E-state index in [9.17, 15) is 9.59 Å². The van der Waals surface area contributed by atoms with Gasteiger partial charge in [-0.05, 0) is 45.4 Å². The summed E-state index contributed by atoms with van der Waals surface area (Å²) in [6.45, 7) is 8.41. The van der Waals surface area contributed by atoms with Crippen LogP contribution in [0.5, 0.6) is 0 Å². The second-order valence-electron chi connectivity index (χ2n) is 6.16. The van der Waals surface area contributed by atoms with Gasteiger partial charge < -0.3 is 20.1 Å². The minimum Gasteiger partial charge on any atom is -0.444 e. The van der Waals surface area contributed by atoms with E-state index in [1.54, 1.807) is 49.9 Å². The molecule has 1 aromatic rings. The van der Waals surface area contributed by atoms with E-state index in [1.165, 1.54) is 0 Å². The molecule has 0 unspecified atom stereocenters. The zero-order chi connectivity index (χ0) is 17.5. The number of hydrogen-bond donors (Lipinski definition) is 2. The summed E-state index contributed by atoms with van der Waals surface area (Å²) in [4.78, 5) is 25.4. The normalized spacial score (nSPS) is 11.0. The van der Waals surface area contributed by atoms with Gasteiger partial charge in [0.05, 0.1) is 6.61 Å². The van der Waals surface area contributed by atoms with E-state index in [2.05, 4.69) is 5.32 Å². The van der Waals surface area contributed by atoms with Gasteiger partial charge in [-0.25, -0.2) is 4.79 Å². The Labute approximate surface area is 137 Å². The van der Waals surface area contributed by atoms with Crippen molar-refractivity contribution in [1.29, 1.82) is 0 Å². The highest BCUT2D eigenvalue weighted by atomic mass is 16.6. The van der Waals surface area contributed by atoms with Crippen molar-refractivity contribution in [1.82, 2.24) is 10.2 Å². The molecule has 23 heavy (non-hydrogen) atoms. The molecule has 0 aliphatic carbocycles. The number of ether oxygens (including phenoxy) is 1. The maximum Gasteiger partial charge on any atom is 0.407 e. The highest BCUT2D eigenvalue weighted by Gasteiger charge is 2.16. The summed E-state index contributed by atoms with van der Waals surface area (Å²) in [5.41, 5.74) is 0.898. The van der Waals surface area contributed by atoms with Crippen LogP contribution in [0.2, 0.25) is 0 Å². The number of amides is 2. The molecule has 128 valence electrons. The van der Waals surface area contributed by atoms with Gasteiger partial charge in [-0.3, -0.25) is 4.79 Å². The second kappa shape index (κ2) is 8.53. The molecule has 0 saturated heterocycles. The molecule has 0 fully saturated rings. The number of aliphatic hydroxyl groups is 1. The molecule has 0 heterocycles. The molecule has 2 amide bonds. The SMILES string of the molecule is CCN(CCO)C(=O)c1ccc(CNC(=O)OC(C)(C)C)cc1. The lowest BCUT2D eigenvalue weighted by atomic mass is 10.1. The van der Waals surface area contributed by atoms with Crippen LogP contribution in [0.1, 0.15) is 43.6 Å². The minimum atomic E-state index is -0.531. The van der Waals surface area contributed by atoms with Crippen molar-refractivity contribution in [2.24, 2.45) is 0 Å². The van der Waals surface area contributed by atoms with Gasteiger partial charge >= 0.3 is 6.09 Å². The van der Waals surface area contributed by atoms with E-state index in [-0.39, 0.29) is 12.5 Å². The van der Waals surface area contributed by atoms with Crippen LogP contribution < -0.4 is 5.32 Å². The van der Waals surface area contributed by atoms with Gasteiger partial charge in [0.1, 0.15) is 5.60 Å². The first kappa shape index (κ1) is 19.0. The predicted molar refractivity (Wildman–Crippen MR) is 88.2 cm³/mol. The van der Waals surface area contributed by atoms with Gasteiger partial charge in [0, 0.05) is 25.2 Å². The van der Waals surface area contributed by atoms with Gasteiger partial charge in [0.15, 0.2) is 0 Å². The van der Waals surface area contributed by atoms with Crippen LogP contribution in [0.3, 0.4) is 0 Å². The van der Waals surface area contributed by atoms with Gasteiger partial charge in [-0.1, -0.05) is 12.1 Å². The number of carbonyl (C=O) groups is 2. The van der Waals surface area contributed by atoms with Crippen LogP contribution in [0.4, 0.5) is 4.79 Å². The van der Waals surface area contributed by atoms with E-state index in [1.807, 2.05) is 6.92 Å². The Kier molecular flexibility index (Phi) is 7.03. The number of likely N-dealkylation sites (N-methyl/N-ethyl adjacent to an activating group) is 1. The van der Waals surface area contributed by atoms with Crippen LogP contribution >= 0.6 is 0 Å². The quantitative estimate of drug-likeness (QED) is 0.841. The number of aliphatic hydroxyl groups excluding tert-OH is 1. The van der Waals surface area contributed by atoms with Crippen LogP contribution in [0, 0.1) is 0 Å². The second-order valence-corrected chi connectivity index (χ2v) is 6.16. The molecule has 0 aliphatic heterocycles. The zero-order valence-corrected chi connectivity index (χ0v) is 14.3. The predicted octanol–water partition coefficient (Wildman–Crippen LogP) is 2.17. The fraction of sp³-hybridized carbons (Fsp3) is 0.529. The summed E-state index contributed by atoms with van der Waals surface area (Å²) in [6.07, 6.45) is -0.474. The molecule has 6 heteroatoms. The summed E-state index contributed by atoms with van der Waals surface area (Å²) < 4.78 is 5.16. The smallest absolute Gasteiger partial charge is 0.407 e. The largest absolute Gasteiger partial charge is 0.444 e. The molecular formula is C17H26N2O4. The van der Waals surface area contributed by atoms with Crippen molar-refractivity contribution < 1.29 is 19.4 Å². The third kappa shape index (κ3) is 6.69. The van der Waals surface area contributed by atoms with Gasteiger partial charge in [0.2, 0.25) is 0 Å². The van der Waals surface area contributed by atoms with Crippen LogP contribution in [0.15, 0.2) is 24.3 Å². The molecule has 0 radical (unpaired) electrons. The molecule has 0 aliphatic rings. The van der Waals surface area contributed by atoms with Crippen molar-refractivity contribution >= 4 is 12.0 Å². The molecule has 6 nitrogen and oxygen atoms in total. The van der Waals surface area contributed by atoms with Crippen LogP contribution in [0.25, 0.3) is 0 Å². The van der Waals surface area contributed by atoms with Crippen molar-refractivity contribution in [3.8, 4) is 0 Å². The molecule has 1 aromatic carbocycles. The van der Waals surface area contributed by atoms with Crippen molar-refractivity contribution in [3.05, 3.63) is 35.4 Å². The summed E-state index contributed by atoms with van der Waals surface area (Å²) in [7, 11) is 0. The number of nitrogens with one attached hydrogen (secondary N) is 1. The number of carbonyl (C=O) groups excluding carboxylic acids is 2. The average Bonchev–Trinajstić information content (AvgIpc) is 2.49. The molecule has 0 atom stereocenters. The fourth-order valence-electron chi connectivity index (χ4n) is 1.96. The van der Waals surface area contributed by atoms with E-state index < -0.39 is 11.7 Å². The lowest BCUT2D eigenvalue weighted by Gasteiger charge is -2.20. The third-order valence-electron chi connectivity index (χ3n) is 3.08. The maximum atomic E-state index is 12.2. The van der Waals surface area contributed by atoms with Crippen molar-refractivity contribution in [3.63, 3.8) is 0 Å². The van der Waals surface area contributed by atoms with E-state index in [0.717, 1.165) is 5.56 Å².